The van der Waals surface area contributed by atoms with Crippen molar-refractivity contribution in [1.29, 1.82) is 0 Å². The average Bonchev–Trinajstić information content (AvgIpc) is 2.62. The van der Waals surface area contributed by atoms with E-state index in [2.05, 4.69) is 10.3 Å². The predicted molar refractivity (Wildman–Crippen MR) is 89.7 cm³/mol. The maximum absolute atomic E-state index is 13.7. The molecule has 3 rings (SSSR count). The molecule has 2 amide bonds. The third kappa shape index (κ3) is 3.60. The van der Waals surface area contributed by atoms with Crippen LogP contribution in [0.1, 0.15) is 28.4 Å². The van der Waals surface area contributed by atoms with Crippen molar-refractivity contribution in [3.8, 4) is 0 Å². The van der Waals surface area contributed by atoms with Crippen LogP contribution in [0.2, 0.25) is 0 Å². The van der Waals surface area contributed by atoms with Crippen LogP contribution in [0.3, 0.4) is 0 Å². The fourth-order valence-electron chi connectivity index (χ4n) is 2.81. The highest BCUT2D eigenvalue weighted by Gasteiger charge is 2.25. The second-order valence-corrected chi connectivity index (χ2v) is 5.63. The smallest absolute Gasteiger partial charge is 0.410 e. The molecule has 6 nitrogen and oxygen atoms in total. The molecule has 0 saturated heterocycles. The molecule has 0 fully saturated rings. The van der Waals surface area contributed by atoms with Crippen LogP contribution < -0.4 is 5.32 Å². The molecule has 1 aromatic heterocycles. The molecule has 25 heavy (non-hydrogen) atoms. The van der Waals surface area contributed by atoms with Gasteiger partial charge in [-0.15, -0.1) is 0 Å². The molecule has 2 heterocycles. The summed E-state index contributed by atoms with van der Waals surface area (Å²) in [4.78, 5) is 30.1. The van der Waals surface area contributed by atoms with E-state index in [0.717, 1.165) is 11.1 Å². The van der Waals surface area contributed by atoms with Crippen LogP contribution in [0.15, 0.2) is 36.7 Å². The normalized spacial score (nSPS) is 13.1. The number of ether oxygens (including phenoxy) is 1. The van der Waals surface area contributed by atoms with Gasteiger partial charge < -0.3 is 15.0 Å². The molecule has 0 aliphatic carbocycles. The minimum Gasteiger partial charge on any atom is -0.450 e. The molecule has 1 aliphatic heterocycles. The lowest BCUT2D eigenvalue weighted by Crippen LogP contribution is -2.37. The van der Waals surface area contributed by atoms with Crippen molar-refractivity contribution in [3.05, 3.63) is 59.2 Å². The van der Waals surface area contributed by atoms with Crippen LogP contribution in [0.25, 0.3) is 0 Å². The molecular weight excluding hydrogens is 325 g/mol. The summed E-state index contributed by atoms with van der Waals surface area (Å²) in [5, 5.41) is 2.57. The highest BCUT2D eigenvalue weighted by atomic mass is 19.1. The van der Waals surface area contributed by atoms with Gasteiger partial charge in [0.15, 0.2) is 0 Å². The van der Waals surface area contributed by atoms with Crippen molar-refractivity contribution in [1.82, 2.24) is 9.88 Å². The van der Waals surface area contributed by atoms with Crippen molar-refractivity contribution in [2.24, 2.45) is 0 Å². The summed E-state index contributed by atoms with van der Waals surface area (Å²) in [5.41, 5.74) is 2.13. The number of hydrogen-bond acceptors (Lipinski definition) is 4. The Hall–Kier alpha value is -2.96. The lowest BCUT2D eigenvalue weighted by Gasteiger charge is -2.28. The summed E-state index contributed by atoms with van der Waals surface area (Å²) in [6.45, 7) is 2.85. The quantitative estimate of drug-likeness (QED) is 0.930. The topological polar surface area (TPSA) is 71.5 Å². The molecule has 1 aromatic carbocycles. The van der Waals surface area contributed by atoms with Crippen LogP contribution in [0, 0.1) is 5.82 Å². The van der Waals surface area contributed by atoms with Crippen LogP contribution in [-0.2, 0) is 17.7 Å². The Kier molecular flexibility index (Phi) is 4.92. The van der Waals surface area contributed by atoms with E-state index in [9.17, 15) is 14.0 Å². The number of carbonyl (C=O) groups is 2. The van der Waals surface area contributed by atoms with Gasteiger partial charge in [-0.05, 0) is 36.6 Å². The van der Waals surface area contributed by atoms with Gasteiger partial charge in [0.2, 0.25) is 0 Å². The third-order valence-corrected chi connectivity index (χ3v) is 4.03. The lowest BCUT2D eigenvalue weighted by atomic mass is 9.97. The number of nitrogens with one attached hydrogen (secondary N) is 1. The minimum atomic E-state index is -0.498. The second kappa shape index (κ2) is 7.29. The summed E-state index contributed by atoms with van der Waals surface area (Å²) in [6, 6.07) is 5.99. The van der Waals surface area contributed by atoms with E-state index in [4.69, 9.17) is 4.74 Å². The number of fused-ring (bicyclic) bond motifs is 1. The number of aromatic nitrogens is 1. The first kappa shape index (κ1) is 16.9. The van der Waals surface area contributed by atoms with E-state index in [-0.39, 0.29) is 11.8 Å². The van der Waals surface area contributed by atoms with E-state index in [1.54, 1.807) is 30.2 Å². The van der Waals surface area contributed by atoms with Gasteiger partial charge in [0.05, 0.1) is 24.4 Å². The van der Waals surface area contributed by atoms with Gasteiger partial charge in [0.1, 0.15) is 5.82 Å². The summed E-state index contributed by atoms with van der Waals surface area (Å²) < 4.78 is 18.7. The molecule has 0 bridgehead atoms. The van der Waals surface area contributed by atoms with Gasteiger partial charge in [0, 0.05) is 18.9 Å². The number of amides is 2. The summed E-state index contributed by atoms with van der Waals surface area (Å²) in [7, 11) is 0. The first-order valence-corrected chi connectivity index (χ1v) is 8.03. The van der Waals surface area contributed by atoms with E-state index in [1.807, 2.05) is 0 Å². The standard InChI is InChI=1S/C18H18FN3O3/c1-2-25-18(24)22-8-7-13-12(11-22)9-20-10-14(13)17(23)21-16-6-4-3-5-15(16)19/h3-6,9-10H,2,7-8,11H2,1H3,(H,21,23). The summed E-state index contributed by atoms with van der Waals surface area (Å²) >= 11 is 0. The number of hydrogen-bond donors (Lipinski definition) is 1. The van der Waals surface area contributed by atoms with Crippen LogP contribution in [0.5, 0.6) is 0 Å². The van der Waals surface area contributed by atoms with Crippen molar-refractivity contribution >= 4 is 17.7 Å². The fraction of sp³-hybridized carbons (Fsp3) is 0.278. The number of pyridine rings is 1. The zero-order valence-electron chi connectivity index (χ0n) is 13.8. The molecule has 0 radical (unpaired) electrons. The van der Waals surface area contributed by atoms with E-state index in [0.29, 0.717) is 31.7 Å². The maximum Gasteiger partial charge on any atom is 0.410 e. The SMILES string of the molecule is CCOC(=O)N1CCc2c(cncc2C(=O)Nc2ccccc2F)C1. The molecule has 2 aromatic rings. The van der Waals surface area contributed by atoms with E-state index in [1.165, 1.54) is 18.3 Å². The number of carbonyl (C=O) groups excluding carboxylic acids is 2. The molecule has 0 spiro atoms. The van der Waals surface area contributed by atoms with Gasteiger partial charge in [-0.2, -0.15) is 0 Å². The molecule has 1 aliphatic rings. The van der Waals surface area contributed by atoms with Crippen molar-refractivity contribution in [2.45, 2.75) is 19.9 Å². The number of para-hydroxylation sites is 1. The first-order valence-electron chi connectivity index (χ1n) is 8.03. The zero-order chi connectivity index (χ0) is 17.8. The van der Waals surface area contributed by atoms with Crippen LogP contribution >= 0.6 is 0 Å². The Morgan fingerprint density at radius 1 is 1.32 bits per heavy atom. The molecule has 0 atom stereocenters. The molecule has 0 unspecified atom stereocenters. The maximum atomic E-state index is 13.7. The number of halogens is 1. The second-order valence-electron chi connectivity index (χ2n) is 5.63. The first-order chi connectivity index (χ1) is 12.1. The average molecular weight is 343 g/mol. The van der Waals surface area contributed by atoms with Gasteiger partial charge in [0.25, 0.3) is 5.91 Å². The highest BCUT2D eigenvalue weighted by Crippen LogP contribution is 2.23. The monoisotopic (exact) mass is 343 g/mol. The van der Waals surface area contributed by atoms with Crippen LogP contribution in [0.4, 0.5) is 14.9 Å². The van der Waals surface area contributed by atoms with E-state index < -0.39 is 11.7 Å². The van der Waals surface area contributed by atoms with Gasteiger partial charge in [-0.1, -0.05) is 12.1 Å². The summed E-state index contributed by atoms with van der Waals surface area (Å²) in [6.07, 6.45) is 3.24. The largest absolute Gasteiger partial charge is 0.450 e. The Morgan fingerprint density at radius 2 is 2.12 bits per heavy atom. The molecule has 0 saturated carbocycles. The number of anilines is 1. The Bertz CT molecular complexity index is 810. The molecule has 7 heteroatoms. The van der Waals surface area contributed by atoms with Crippen molar-refractivity contribution in [2.75, 3.05) is 18.5 Å². The minimum absolute atomic E-state index is 0.120. The molecule has 1 N–H and O–H groups in total. The third-order valence-electron chi connectivity index (χ3n) is 4.03. The lowest BCUT2D eigenvalue weighted by molar-refractivity contribution is 0.101. The Balaban J connectivity index is 1.81. The summed E-state index contributed by atoms with van der Waals surface area (Å²) in [5.74, 6) is -0.916. The van der Waals surface area contributed by atoms with Crippen molar-refractivity contribution < 1.29 is 18.7 Å². The highest BCUT2D eigenvalue weighted by molar-refractivity contribution is 6.05. The molecule has 130 valence electrons. The van der Waals surface area contributed by atoms with Crippen LogP contribution in [-0.4, -0.2) is 35.0 Å². The van der Waals surface area contributed by atoms with Gasteiger partial charge in [-0.3, -0.25) is 9.78 Å². The van der Waals surface area contributed by atoms with Crippen molar-refractivity contribution in [3.63, 3.8) is 0 Å². The Labute approximate surface area is 144 Å². The van der Waals surface area contributed by atoms with Gasteiger partial charge in [-0.25, -0.2) is 9.18 Å². The Morgan fingerprint density at radius 3 is 2.88 bits per heavy atom. The zero-order valence-corrected chi connectivity index (χ0v) is 13.8. The molecular formula is C18H18FN3O3. The number of benzene rings is 1. The van der Waals surface area contributed by atoms with E-state index >= 15 is 0 Å². The number of nitrogens with zero attached hydrogens (tertiary/aromatic N) is 2. The number of rotatable bonds is 3. The predicted octanol–water partition coefficient (Wildman–Crippen LogP) is 2.99. The van der Waals surface area contributed by atoms with Gasteiger partial charge >= 0.3 is 6.09 Å². The fourth-order valence-corrected chi connectivity index (χ4v) is 2.81.